The summed E-state index contributed by atoms with van der Waals surface area (Å²) < 4.78 is 88.2. The number of ether oxygens (including phenoxy) is 3. The summed E-state index contributed by atoms with van der Waals surface area (Å²) in [5.41, 5.74) is 2.30. The molecule has 2 aromatic heterocycles. The summed E-state index contributed by atoms with van der Waals surface area (Å²) >= 11 is 1.44. The number of benzene rings is 1. The van der Waals surface area contributed by atoms with Gasteiger partial charge < -0.3 is 24.8 Å². The van der Waals surface area contributed by atoms with Crippen molar-refractivity contribution in [3.63, 3.8) is 0 Å². The Morgan fingerprint density at radius 2 is 2.04 bits per heavy atom. The molecule has 3 unspecified atom stereocenters. The van der Waals surface area contributed by atoms with Crippen LogP contribution in [0.4, 0.5) is 27.1 Å². The number of nitrogens with two attached hydrogens (primary N) is 1. The molecule has 0 bridgehead atoms. The van der Waals surface area contributed by atoms with E-state index in [2.05, 4.69) is 26.4 Å². The minimum absolute atomic E-state index is 0.0276. The van der Waals surface area contributed by atoms with E-state index in [9.17, 15) is 22.4 Å². The summed E-state index contributed by atoms with van der Waals surface area (Å²) in [5.74, 6) is -1.89. The number of nitrogen functional groups attached to an aromatic ring is 1. The number of likely N-dealkylation sites (tertiary alicyclic amines) is 1. The number of anilines is 1. The van der Waals surface area contributed by atoms with E-state index in [0.717, 1.165) is 62.7 Å². The van der Waals surface area contributed by atoms with E-state index < -0.39 is 34.7 Å². The zero-order chi connectivity index (χ0) is 34.5. The highest BCUT2D eigenvalue weighted by molar-refractivity contribution is 7.13. The molecule has 258 valence electrons. The molecule has 3 fully saturated rings. The Morgan fingerprint density at radius 1 is 1.23 bits per heavy atom. The van der Waals surface area contributed by atoms with Crippen LogP contribution >= 0.6 is 11.3 Å². The van der Waals surface area contributed by atoms with Crippen LogP contribution in [0, 0.1) is 5.82 Å². The largest absolute Gasteiger partial charge is 0.472 e. The molecule has 0 saturated carbocycles. The van der Waals surface area contributed by atoms with E-state index >= 15 is 4.39 Å². The van der Waals surface area contributed by atoms with Crippen molar-refractivity contribution < 1.29 is 41.0 Å². The monoisotopic (exact) mass is 694 g/mol. The maximum atomic E-state index is 15.9. The van der Waals surface area contributed by atoms with Gasteiger partial charge in [0.15, 0.2) is 10.9 Å². The second-order valence-corrected chi connectivity index (χ2v) is 12.5. The number of rotatable bonds is 9. The lowest BCUT2D eigenvalue weighted by Gasteiger charge is -2.31. The Labute approximate surface area is 277 Å². The number of thiazole rings is 1. The number of aromatic nitrogens is 3. The number of fused-ring (bicyclic) bond motifs is 2. The quantitative estimate of drug-likeness (QED) is 0.168. The van der Waals surface area contributed by atoms with Gasteiger partial charge in [0.2, 0.25) is 11.8 Å². The van der Waals surface area contributed by atoms with E-state index in [1.54, 1.807) is 13.3 Å². The summed E-state index contributed by atoms with van der Waals surface area (Å²) in [6, 6.07) is 0.462. The first-order valence-corrected chi connectivity index (χ1v) is 16.0. The smallest absolute Gasteiger partial charge is 0.417 e. The number of hydrogen-bond donors (Lipinski definition) is 1. The Kier molecular flexibility index (Phi) is 11.0. The summed E-state index contributed by atoms with van der Waals surface area (Å²) in [6.45, 7) is 5.74. The molecule has 16 heteroatoms. The first-order chi connectivity index (χ1) is 23.0. The molecule has 2 N–H and O–H groups in total. The molecule has 0 radical (unpaired) electrons. The topological polar surface area (TPSA) is 116 Å². The van der Waals surface area contributed by atoms with Gasteiger partial charge in [-0.3, -0.25) is 9.69 Å². The van der Waals surface area contributed by atoms with Gasteiger partial charge >= 0.3 is 12.2 Å². The maximum Gasteiger partial charge on any atom is 0.417 e. The van der Waals surface area contributed by atoms with Crippen molar-refractivity contribution >= 4 is 39.4 Å². The van der Waals surface area contributed by atoms with E-state index in [-0.39, 0.29) is 54.3 Å². The fourth-order valence-electron chi connectivity index (χ4n) is 6.31. The van der Waals surface area contributed by atoms with Crippen molar-refractivity contribution in [2.24, 2.45) is 0 Å². The number of nitrogens with zero attached hydrogens (tertiary/aromatic N) is 5. The van der Waals surface area contributed by atoms with Gasteiger partial charge in [-0.15, -0.1) is 11.3 Å². The number of carbonyl (C=O) groups is 1. The van der Waals surface area contributed by atoms with Crippen LogP contribution in [0.1, 0.15) is 36.8 Å². The predicted molar refractivity (Wildman–Crippen MR) is 171 cm³/mol. The first kappa shape index (κ1) is 35.2. The zero-order valence-electron chi connectivity index (χ0n) is 26.1. The minimum atomic E-state index is -4.95. The Bertz CT molecular complexity index is 1670. The van der Waals surface area contributed by atoms with Crippen LogP contribution in [-0.4, -0.2) is 88.3 Å². The molecule has 1 aromatic carbocycles. The van der Waals surface area contributed by atoms with Crippen LogP contribution < -0.4 is 15.2 Å². The SMILES string of the molecule is C=CC(=O)N1CCC(Oc2nc(OCC34CCCN3CC(OC)C4)nc3c(F)c(/C=C/C=C/F)c(C(F)(F)F)cc23)C1.Nc1nccs1. The number of hydrogen-bond acceptors (Lipinski definition) is 10. The Hall–Kier alpha value is -4.15. The van der Waals surface area contributed by atoms with E-state index in [1.807, 2.05) is 5.38 Å². The summed E-state index contributed by atoms with van der Waals surface area (Å²) in [5, 5.41) is 2.17. The van der Waals surface area contributed by atoms with Crippen molar-refractivity contribution in [3.8, 4) is 11.9 Å². The number of methoxy groups -OCH3 is 1. The third-order valence-corrected chi connectivity index (χ3v) is 9.21. The molecular formula is C32H35F5N6O4S. The average Bonchev–Trinajstić information content (AvgIpc) is 3.86. The summed E-state index contributed by atoms with van der Waals surface area (Å²) in [6.07, 6.45) is 2.95. The molecular weight excluding hydrogens is 659 g/mol. The van der Waals surface area contributed by atoms with Crippen LogP contribution in [0.15, 0.2) is 48.8 Å². The van der Waals surface area contributed by atoms with Gasteiger partial charge in [0.25, 0.3) is 0 Å². The van der Waals surface area contributed by atoms with Gasteiger partial charge in [-0.05, 0) is 44.0 Å². The molecule has 3 aromatic rings. The summed E-state index contributed by atoms with van der Waals surface area (Å²) in [7, 11) is 1.65. The average molecular weight is 695 g/mol. The first-order valence-electron chi connectivity index (χ1n) is 15.2. The van der Waals surface area contributed by atoms with E-state index in [0.29, 0.717) is 18.1 Å². The Morgan fingerprint density at radius 3 is 2.69 bits per heavy atom. The number of carbonyl (C=O) groups excluding carboxylic acids is 1. The fourth-order valence-corrected chi connectivity index (χ4v) is 6.69. The van der Waals surface area contributed by atoms with Gasteiger partial charge in [0.05, 0.1) is 35.5 Å². The second-order valence-electron chi connectivity index (χ2n) is 11.5. The van der Waals surface area contributed by atoms with E-state index in [1.165, 1.54) is 16.2 Å². The summed E-state index contributed by atoms with van der Waals surface area (Å²) in [4.78, 5) is 28.0. The van der Waals surface area contributed by atoms with Crippen molar-refractivity contribution in [1.82, 2.24) is 24.8 Å². The molecule has 48 heavy (non-hydrogen) atoms. The fraction of sp³-hybridized carbons (Fsp3) is 0.438. The highest BCUT2D eigenvalue weighted by atomic mass is 32.1. The normalized spacial score (nSPS) is 22.8. The number of alkyl halides is 3. The predicted octanol–water partition coefficient (Wildman–Crippen LogP) is 5.81. The molecule has 1 amide bonds. The van der Waals surface area contributed by atoms with Gasteiger partial charge in [0, 0.05) is 43.8 Å². The van der Waals surface area contributed by atoms with Crippen molar-refractivity contribution in [2.75, 3.05) is 45.6 Å². The van der Waals surface area contributed by atoms with Gasteiger partial charge in [0.1, 0.15) is 18.2 Å². The van der Waals surface area contributed by atoms with Crippen LogP contribution in [0.2, 0.25) is 0 Å². The lowest BCUT2D eigenvalue weighted by atomic mass is 9.94. The highest BCUT2D eigenvalue weighted by Gasteiger charge is 2.49. The van der Waals surface area contributed by atoms with Crippen LogP contribution in [-0.2, 0) is 15.7 Å². The molecule has 6 rings (SSSR count). The lowest BCUT2D eigenvalue weighted by molar-refractivity contribution is -0.137. The maximum absolute atomic E-state index is 15.9. The molecule has 3 atom stereocenters. The number of amides is 1. The van der Waals surface area contributed by atoms with Gasteiger partial charge in [-0.2, -0.15) is 23.1 Å². The molecule has 3 aliphatic heterocycles. The molecule has 3 saturated heterocycles. The van der Waals surface area contributed by atoms with Crippen molar-refractivity contribution in [2.45, 2.75) is 49.6 Å². The van der Waals surface area contributed by atoms with Crippen LogP contribution in [0.5, 0.6) is 11.9 Å². The molecule has 3 aliphatic rings. The molecule has 0 spiro atoms. The second kappa shape index (κ2) is 15.0. The molecule has 10 nitrogen and oxygen atoms in total. The third kappa shape index (κ3) is 7.76. The van der Waals surface area contributed by atoms with Crippen LogP contribution in [0.25, 0.3) is 17.0 Å². The number of allylic oxidation sites excluding steroid dienone is 2. The lowest BCUT2D eigenvalue weighted by Crippen LogP contribution is -2.43. The highest BCUT2D eigenvalue weighted by Crippen LogP contribution is 2.42. The minimum Gasteiger partial charge on any atom is -0.472 e. The van der Waals surface area contributed by atoms with Gasteiger partial charge in [-0.1, -0.05) is 18.7 Å². The Balaban J connectivity index is 0.000000677. The number of halogens is 5. The van der Waals surface area contributed by atoms with Gasteiger partial charge in [-0.25, -0.2) is 13.8 Å². The molecule has 0 aliphatic carbocycles. The standard InChI is InChI=1S/C29H31F5N4O4.C3H4N2S/c1-3-23(39)37-12-8-18(15-37)42-26-21-13-22(29(32,33)34)20(7-4-5-10-30)24(31)25(21)35-27(36-26)41-17-28-9-6-11-38(28)16-19(14-28)40-2;4-3-5-1-2-6-3/h3-5,7,10,13,18-19H,1,6,8-9,11-12,14-17H2,2H3;1-2H,(H2,4,5)/b7-4+,10-5+;. The van der Waals surface area contributed by atoms with Crippen LogP contribution in [0.3, 0.4) is 0 Å². The van der Waals surface area contributed by atoms with Crippen molar-refractivity contribution in [1.29, 1.82) is 0 Å². The molecule has 5 heterocycles. The zero-order valence-corrected chi connectivity index (χ0v) is 26.9. The van der Waals surface area contributed by atoms with Crippen molar-refractivity contribution in [3.05, 3.63) is 65.7 Å². The third-order valence-electron chi connectivity index (χ3n) is 8.60. The van der Waals surface area contributed by atoms with E-state index in [4.69, 9.17) is 19.9 Å².